The Morgan fingerprint density at radius 3 is 2.56 bits per heavy atom. The van der Waals surface area contributed by atoms with Crippen molar-refractivity contribution in [2.45, 2.75) is 38.6 Å². The topological polar surface area (TPSA) is 71.6 Å². The van der Waals surface area contributed by atoms with Crippen LogP contribution in [-0.2, 0) is 4.79 Å². The minimum absolute atomic E-state index is 0.0727. The van der Waals surface area contributed by atoms with Crippen LogP contribution in [0, 0.1) is 18.7 Å². The lowest BCUT2D eigenvalue weighted by Gasteiger charge is -2.30. The van der Waals surface area contributed by atoms with E-state index >= 15 is 0 Å². The molecule has 1 aliphatic heterocycles. The highest BCUT2D eigenvalue weighted by atomic mass is 32.1. The van der Waals surface area contributed by atoms with Crippen molar-refractivity contribution >= 4 is 23.2 Å². The second kappa shape index (κ2) is 9.20. The summed E-state index contributed by atoms with van der Waals surface area (Å²) in [6, 6.07) is 13.3. The third-order valence-electron chi connectivity index (χ3n) is 5.88. The van der Waals surface area contributed by atoms with Gasteiger partial charge in [0.25, 0.3) is 0 Å². The van der Waals surface area contributed by atoms with Gasteiger partial charge in [-0.05, 0) is 49.4 Å². The first-order valence-corrected chi connectivity index (χ1v) is 11.6. The van der Waals surface area contributed by atoms with Crippen molar-refractivity contribution in [3.63, 3.8) is 0 Å². The van der Waals surface area contributed by atoms with Crippen molar-refractivity contribution in [3.05, 3.63) is 75.9 Å². The number of hydrogen-bond donors (Lipinski definition) is 1. The number of carbonyl (C=O) groups is 1. The fourth-order valence-electron chi connectivity index (χ4n) is 3.69. The number of guanidine groups is 1. The van der Waals surface area contributed by atoms with Gasteiger partial charge in [-0.3, -0.25) is 14.7 Å². The van der Waals surface area contributed by atoms with Gasteiger partial charge in [0.1, 0.15) is 11.5 Å². The van der Waals surface area contributed by atoms with E-state index < -0.39 is 0 Å². The molecule has 3 heterocycles. The van der Waals surface area contributed by atoms with Crippen LogP contribution >= 0.6 is 11.3 Å². The maximum absolute atomic E-state index is 13.8. The maximum Gasteiger partial charge on any atom is 0.234 e. The van der Waals surface area contributed by atoms with E-state index in [2.05, 4.69) is 41.2 Å². The van der Waals surface area contributed by atoms with Gasteiger partial charge in [-0.1, -0.05) is 36.8 Å². The summed E-state index contributed by atoms with van der Waals surface area (Å²) in [6.07, 6.45) is 4.36. The Morgan fingerprint density at radius 2 is 1.91 bits per heavy atom. The number of thiophene rings is 1. The third-order valence-corrected chi connectivity index (χ3v) is 6.88. The lowest BCUT2D eigenvalue weighted by atomic mass is 9.97. The lowest BCUT2D eigenvalue weighted by molar-refractivity contribution is -0.131. The molecule has 1 saturated carbocycles. The molecule has 1 aromatic carbocycles. The highest BCUT2D eigenvalue weighted by Crippen LogP contribution is 2.40. The van der Waals surface area contributed by atoms with Crippen molar-refractivity contribution in [1.29, 1.82) is 0 Å². The number of aryl methyl sites for hydroxylation is 1. The van der Waals surface area contributed by atoms with Crippen molar-refractivity contribution in [1.82, 2.24) is 9.88 Å². The summed E-state index contributed by atoms with van der Waals surface area (Å²) in [5, 5.41) is 1.82. The Labute approximate surface area is 191 Å². The molecule has 5 rings (SSSR count). The van der Waals surface area contributed by atoms with Crippen LogP contribution in [0.1, 0.15) is 47.7 Å². The van der Waals surface area contributed by atoms with Crippen molar-refractivity contribution < 1.29 is 9.18 Å². The number of aromatic nitrogens is 1. The molecule has 2 unspecified atom stereocenters. The largest absolute Gasteiger partial charge is 0.369 e. The average Bonchev–Trinajstić information content (AvgIpc) is 3.53. The molecule has 32 heavy (non-hydrogen) atoms. The summed E-state index contributed by atoms with van der Waals surface area (Å²) in [5.41, 5.74) is 9.67. The Balaban J connectivity index is 0.000000203. The first kappa shape index (κ1) is 22.1. The van der Waals surface area contributed by atoms with Crippen molar-refractivity contribution in [2.75, 3.05) is 7.05 Å². The Hall–Kier alpha value is -3.06. The number of pyridine rings is 1. The summed E-state index contributed by atoms with van der Waals surface area (Å²) in [4.78, 5) is 22.8. The predicted molar refractivity (Wildman–Crippen MR) is 127 cm³/mol. The van der Waals surface area contributed by atoms with Crippen LogP contribution in [-0.4, -0.2) is 28.8 Å². The fraction of sp³-hybridized carbons (Fsp3) is 0.320. The molecule has 3 aromatic rings. The second-order valence-electron chi connectivity index (χ2n) is 8.37. The molecule has 1 amide bonds. The number of rotatable bonds is 3. The van der Waals surface area contributed by atoms with Crippen LogP contribution in [0.2, 0.25) is 0 Å². The van der Waals surface area contributed by atoms with Crippen LogP contribution in [0.15, 0.2) is 59.0 Å². The van der Waals surface area contributed by atoms with Crippen LogP contribution in [0.4, 0.5) is 4.39 Å². The number of benzene rings is 1. The van der Waals surface area contributed by atoms with Crippen LogP contribution in [0.5, 0.6) is 0 Å². The van der Waals surface area contributed by atoms with Crippen molar-refractivity contribution in [3.8, 4) is 11.3 Å². The normalized spacial score (nSPS) is 20.4. The molecule has 7 heteroatoms. The quantitative estimate of drug-likeness (QED) is 0.590. The van der Waals surface area contributed by atoms with E-state index in [1.807, 2.05) is 18.4 Å². The highest BCUT2D eigenvalue weighted by Gasteiger charge is 2.34. The number of halogens is 1. The van der Waals surface area contributed by atoms with E-state index in [9.17, 15) is 9.18 Å². The molecule has 0 radical (unpaired) electrons. The van der Waals surface area contributed by atoms with E-state index in [1.54, 1.807) is 19.3 Å². The molecule has 2 aromatic heterocycles. The molecule has 0 saturated heterocycles. The molecule has 1 fully saturated rings. The third kappa shape index (κ3) is 4.72. The number of hydrogen-bond acceptors (Lipinski definition) is 5. The first-order valence-electron chi connectivity index (χ1n) is 10.7. The first-order chi connectivity index (χ1) is 15.3. The minimum Gasteiger partial charge on any atom is -0.369 e. The molecule has 2 atom stereocenters. The van der Waals surface area contributed by atoms with E-state index in [0.717, 1.165) is 10.8 Å². The molecule has 2 aliphatic rings. The molecular weight excluding hydrogens is 423 g/mol. The maximum atomic E-state index is 13.8. The van der Waals surface area contributed by atoms with Gasteiger partial charge in [0, 0.05) is 29.1 Å². The minimum atomic E-state index is -0.373. The zero-order chi connectivity index (χ0) is 22.8. The zero-order valence-corrected chi connectivity index (χ0v) is 19.3. The average molecular weight is 451 g/mol. The van der Waals surface area contributed by atoms with Gasteiger partial charge in [0.15, 0.2) is 5.96 Å². The molecule has 1 aliphatic carbocycles. The molecule has 5 nitrogen and oxygen atoms in total. The van der Waals surface area contributed by atoms with Gasteiger partial charge in [-0.25, -0.2) is 9.38 Å². The number of carbonyl (C=O) groups excluding carboxylic acids is 1. The van der Waals surface area contributed by atoms with Gasteiger partial charge in [0.2, 0.25) is 5.91 Å². The van der Waals surface area contributed by atoms with Crippen LogP contribution in [0.25, 0.3) is 11.3 Å². The zero-order valence-electron chi connectivity index (χ0n) is 18.5. The summed E-state index contributed by atoms with van der Waals surface area (Å²) in [5.74, 6) is 0.351. The van der Waals surface area contributed by atoms with Crippen LogP contribution < -0.4 is 5.73 Å². The van der Waals surface area contributed by atoms with E-state index in [0.29, 0.717) is 11.3 Å². The summed E-state index contributed by atoms with van der Waals surface area (Å²) < 4.78 is 13.8. The monoisotopic (exact) mass is 450 g/mol. The SMILES string of the molecule is CC1C(=O)N(C)C(N)=NC1c1cc(-c2ncccc2F)cs1.Cc1ccc(C2CC2)cc1. The highest BCUT2D eigenvalue weighted by molar-refractivity contribution is 7.10. The van der Waals surface area contributed by atoms with Gasteiger partial charge in [-0.15, -0.1) is 11.3 Å². The number of nitrogens with zero attached hydrogens (tertiary/aromatic N) is 3. The van der Waals surface area contributed by atoms with Gasteiger partial charge in [-0.2, -0.15) is 0 Å². The standard InChI is InChI=1S/C15H15FN4OS.C10H12/c1-8-12(19-15(17)20(2)14(8)21)11-6-9(7-22-11)13-10(16)4-3-5-18-13;1-8-2-4-9(5-3-8)10-6-7-10/h3-8,12H,1-2H3,(H2,17,19);2-5,10H,6-7H2,1H3. The molecule has 0 bridgehead atoms. The second-order valence-corrected chi connectivity index (χ2v) is 9.32. The van der Waals surface area contributed by atoms with Crippen LogP contribution in [0.3, 0.4) is 0 Å². The predicted octanol–water partition coefficient (Wildman–Crippen LogP) is 5.29. The molecule has 0 spiro atoms. The summed E-state index contributed by atoms with van der Waals surface area (Å²) in [7, 11) is 1.61. The van der Waals surface area contributed by atoms with Crippen molar-refractivity contribution in [2.24, 2.45) is 16.6 Å². The Bertz CT molecular complexity index is 1140. The summed E-state index contributed by atoms with van der Waals surface area (Å²) in [6.45, 7) is 3.96. The Morgan fingerprint density at radius 1 is 1.19 bits per heavy atom. The van der Waals surface area contributed by atoms with Gasteiger partial charge in [0.05, 0.1) is 12.0 Å². The van der Waals surface area contributed by atoms with Gasteiger partial charge < -0.3 is 5.73 Å². The van der Waals surface area contributed by atoms with Gasteiger partial charge >= 0.3 is 0 Å². The van der Waals surface area contributed by atoms with E-state index in [-0.39, 0.29) is 29.6 Å². The fourth-order valence-corrected chi connectivity index (χ4v) is 4.72. The Kier molecular flexibility index (Phi) is 6.37. The number of nitrogens with two attached hydrogens (primary N) is 1. The summed E-state index contributed by atoms with van der Waals surface area (Å²) >= 11 is 1.43. The van der Waals surface area contributed by atoms with E-state index in [1.165, 1.54) is 46.3 Å². The van der Waals surface area contributed by atoms with E-state index in [4.69, 9.17) is 5.73 Å². The molecular formula is C25H27FN4OS. The molecule has 166 valence electrons. The number of amides is 1. The molecule has 2 N–H and O–H groups in total. The smallest absolute Gasteiger partial charge is 0.234 e. The lowest BCUT2D eigenvalue weighted by Crippen LogP contribution is -2.46. The number of aliphatic imine (C=N–C) groups is 1.